The number of ether oxygens (including phenoxy) is 1. The molecular weight excluding hydrogens is 538 g/mol. The van der Waals surface area contributed by atoms with Gasteiger partial charge in [-0.2, -0.15) is 0 Å². The maximum Gasteiger partial charge on any atom is 0.253 e. The summed E-state index contributed by atoms with van der Waals surface area (Å²) in [4.78, 5) is 23.9. The summed E-state index contributed by atoms with van der Waals surface area (Å²) in [6, 6.07) is 20.1. The fraction of sp³-hybridized carbons (Fsp3) is 0.412. The van der Waals surface area contributed by atoms with Gasteiger partial charge >= 0.3 is 0 Å². The first-order valence-corrected chi connectivity index (χ1v) is 18.7. The van der Waals surface area contributed by atoms with Gasteiger partial charge in [-0.05, 0) is 67.5 Å². The Kier molecular flexibility index (Phi) is 9.16. The third kappa shape index (κ3) is 7.11. The topological polar surface area (TPSA) is 53.8 Å². The Balaban J connectivity index is 1.45. The van der Waals surface area contributed by atoms with E-state index in [1.54, 1.807) is 19.0 Å². The number of nitrogens with zero attached hydrogens (tertiary/aromatic N) is 5. The second-order valence-corrected chi connectivity index (χ2v) is 18.5. The first-order chi connectivity index (χ1) is 20.1. The first kappa shape index (κ1) is 30.0. The summed E-state index contributed by atoms with van der Waals surface area (Å²) in [6.45, 7) is 12.7. The molecule has 0 saturated carbocycles. The van der Waals surface area contributed by atoms with Crippen LogP contribution in [0.4, 0.5) is 5.69 Å². The SMILES string of the molecule is CN1CCCN(c2ccc(-c3cnc4c(c3)c(-c3ccc(C(=O)N(C)C)cc3)cn4COCC[Si](C)(C)C)cc2)CC1. The number of aromatic nitrogens is 2. The van der Waals surface area contributed by atoms with Crippen LogP contribution in [0, 0.1) is 0 Å². The van der Waals surface area contributed by atoms with Crippen LogP contribution in [-0.2, 0) is 11.5 Å². The number of amides is 1. The Labute approximate surface area is 251 Å². The zero-order chi connectivity index (χ0) is 29.9. The van der Waals surface area contributed by atoms with E-state index in [4.69, 9.17) is 9.72 Å². The van der Waals surface area contributed by atoms with Crippen LogP contribution in [0.2, 0.25) is 25.7 Å². The summed E-state index contributed by atoms with van der Waals surface area (Å²) >= 11 is 0. The van der Waals surface area contributed by atoms with Gasteiger partial charge in [0.05, 0.1) is 0 Å². The fourth-order valence-electron chi connectivity index (χ4n) is 5.42. The molecule has 5 rings (SSSR count). The van der Waals surface area contributed by atoms with Crippen molar-refractivity contribution < 1.29 is 9.53 Å². The number of benzene rings is 2. The molecule has 8 heteroatoms. The normalized spacial score (nSPS) is 14.8. The Morgan fingerprint density at radius 1 is 0.929 bits per heavy atom. The van der Waals surface area contributed by atoms with E-state index in [0.29, 0.717) is 12.3 Å². The van der Waals surface area contributed by atoms with Crippen molar-refractivity contribution in [3.8, 4) is 22.3 Å². The molecule has 1 aliphatic heterocycles. The van der Waals surface area contributed by atoms with Crippen LogP contribution in [0.15, 0.2) is 67.0 Å². The highest BCUT2D eigenvalue weighted by Crippen LogP contribution is 2.34. The minimum Gasteiger partial charge on any atom is -0.370 e. The number of likely N-dealkylation sites (N-methyl/N-ethyl adjacent to an activating group) is 1. The van der Waals surface area contributed by atoms with Gasteiger partial charge in [-0.1, -0.05) is 43.9 Å². The van der Waals surface area contributed by atoms with E-state index in [2.05, 4.69) is 77.6 Å². The van der Waals surface area contributed by atoms with Crippen LogP contribution in [0.25, 0.3) is 33.3 Å². The van der Waals surface area contributed by atoms with Crippen molar-refractivity contribution in [3.05, 3.63) is 72.6 Å². The smallest absolute Gasteiger partial charge is 0.253 e. The molecule has 2 aromatic heterocycles. The van der Waals surface area contributed by atoms with Gasteiger partial charge in [-0.15, -0.1) is 0 Å². The molecule has 1 aliphatic rings. The molecule has 1 saturated heterocycles. The zero-order valence-electron chi connectivity index (χ0n) is 26.1. The van der Waals surface area contributed by atoms with Crippen molar-refractivity contribution in [1.82, 2.24) is 19.4 Å². The quantitative estimate of drug-likeness (QED) is 0.166. The molecule has 1 fully saturated rings. The number of rotatable bonds is 9. The number of fused-ring (bicyclic) bond motifs is 1. The summed E-state index contributed by atoms with van der Waals surface area (Å²) in [5.74, 6) is -0.000580. The van der Waals surface area contributed by atoms with E-state index in [9.17, 15) is 4.79 Å². The summed E-state index contributed by atoms with van der Waals surface area (Å²) in [5, 5.41) is 1.08. The minimum absolute atomic E-state index is 0.000580. The van der Waals surface area contributed by atoms with Crippen molar-refractivity contribution in [3.63, 3.8) is 0 Å². The van der Waals surface area contributed by atoms with E-state index in [1.165, 1.54) is 12.1 Å². The Morgan fingerprint density at radius 3 is 2.33 bits per heavy atom. The lowest BCUT2D eigenvalue weighted by molar-refractivity contribution is 0.0827. The van der Waals surface area contributed by atoms with Crippen molar-refractivity contribution in [2.24, 2.45) is 0 Å². The van der Waals surface area contributed by atoms with Crippen molar-refractivity contribution in [2.75, 3.05) is 58.8 Å². The van der Waals surface area contributed by atoms with Gasteiger partial charge in [-0.3, -0.25) is 4.79 Å². The molecule has 3 heterocycles. The number of anilines is 1. The van der Waals surface area contributed by atoms with Crippen molar-refractivity contribution >= 4 is 30.7 Å². The molecule has 7 nitrogen and oxygen atoms in total. The lowest BCUT2D eigenvalue weighted by Crippen LogP contribution is -2.28. The molecule has 4 aromatic rings. The fourth-order valence-corrected chi connectivity index (χ4v) is 6.18. The number of pyridine rings is 1. The van der Waals surface area contributed by atoms with Crippen LogP contribution in [-0.4, -0.2) is 87.3 Å². The summed E-state index contributed by atoms with van der Waals surface area (Å²) in [6.07, 6.45) is 5.29. The molecule has 222 valence electrons. The number of hydrogen-bond donors (Lipinski definition) is 0. The van der Waals surface area contributed by atoms with Gasteiger partial charge in [-0.25, -0.2) is 4.98 Å². The van der Waals surface area contributed by atoms with E-state index in [0.717, 1.165) is 72.1 Å². The molecule has 0 unspecified atom stereocenters. The first-order valence-electron chi connectivity index (χ1n) is 15.0. The van der Waals surface area contributed by atoms with Crippen LogP contribution in [0.3, 0.4) is 0 Å². The summed E-state index contributed by atoms with van der Waals surface area (Å²) < 4.78 is 8.24. The summed E-state index contributed by atoms with van der Waals surface area (Å²) in [5.41, 5.74) is 7.23. The lowest BCUT2D eigenvalue weighted by Gasteiger charge is -2.23. The molecule has 0 bridgehead atoms. The Bertz CT molecular complexity index is 1510. The molecule has 0 aliphatic carbocycles. The minimum atomic E-state index is -1.17. The van der Waals surface area contributed by atoms with Gasteiger partial charge < -0.3 is 24.0 Å². The van der Waals surface area contributed by atoms with Gasteiger partial charge in [0.2, 0.25) is 0 Å². The molecular formula is C34H45N5O2Si. The molecule has 1 amide bonds. The lowest BCUT2D eigenvalue weighted by atomic mass is 10.0. The largest absolute Gasteiger partial charge is 0.370 e. The number of carbonyl (C=O) groups is 1. The second kappa shape index (κ2) is 12.8. The van der Waals surface area contributed by atoms with E-state index in [1.807, 2.05) is 30.5 Å². The number of carbonyl (C=O) groups excluding carboxylic acids is 1. The van der Waals surface area contributed by atoms with Crippen LogP contribution in [0.5, 0.6) is 0 Å². The molecule has 2 aromatic carbocycles. The van der Waals surface area contributed by atoms with E-state index < -0.39 is 8.07 Å². The van der Waals surface area contributed by atoms with Crippen LogP contribution < -0.4 is 4.90 Å². The van der Waals surface area contributed by atoms with Gasteiger partial charge in [0.15, 0.2) is 0 Å². The zero-order valence-corrected chi connectivity index (χ0v) is 27.1. The van der Waals surface area contributed by atoms with Gasteiger partial charge in [0.1, 0.15) is 12.4 Å². The highest BCUT2D eigenvalue weighted by Gasteiger charge is 2.17. The maximum absolute atomic E-state index is 12.5. The average Bonchev–Trinajstić information content (AvgIpc) is 3.19. The molecule has 0 N–H and O–H groups in total. The van der Waals surface area contributed by atoms with Crippen molar-refractivity contribution in [2.45, 2.75) is 38.8 Å². The third-order valence-corrected chi connectivity index (χ3v) is 9.78. The predicted octanol–water partition coefficient (Wildman–Crippen LogP) is 6.53. The van der Waals surface area contributed by atoms with Gasteiger partial charge in [0, 0.05) is 88.6 Å². The predicted molar refractivity (Wildman–Crippen MR) is 177 cm³/mol. The van der Waals surface area contributed by atoms with Gasteiger partial charge in [0.25, 0.3) is 5.91 Å². The average molecular weight is 584 g/mol. The summed E-state index contributed by atoms with van der Waals surface area (Å²) in [7, 11) is 4.58. The molecule has 42 heavy (non-hydrogen) atoms. The molecule has 0 radical (unpaired) electrons. The van der Waals surface area contributed by atoms with Crippen molar-refractivity contribution in [1.29, 1.82) is 0 Å². The maximum atomic E-state index is 12.5. The van der Waals surface area contributed by atoms with Crippen LogP contribution >= 0.6 is 0 Å². The number of hydrogen-bond acceptors (Lipinski definition) is 5. The van der Waals surface area contributed by atoms with E-state index in [-0.39, 0.29) is 5.91 Å². The Hall–Kier alpha value is -3.46. The molecule has 0 atom stereocenters. The standard InChI is InChI=1S/C34H45N5O2Si/c1-36(2)34(40)28-10-8-27(9-11-28)32-24-39(25-41-20-21-42(4,5)6)33-31(32)22-29(23-35-33)26-12-14-30(15-13-26)38-17-7-16-37(3)18-19-38/h8-15,22-24H,7,16-21,25H2,1-6H3. The van der Waals surface area contributed by atoms with Crippen LogP contribution in [0.1, 0.15) is 16.8 Å². The molecule has 0 spiro atoms. The van der Waals surface area contributed by atoms with E-state index >= 15 is 0 Å². The third-order valence-electron chi connectivity index (χ3n) is 8.07. The second-order valence-electron chi connectivity index (χ2n) is 12.9. The highest BCUT2D eigenvalue weighted by atomic mass is 28.3. The Morgan fingerprint density at radius 2 is 1.64 bits per heavy atom. The highest BCUT2D eigenvalue weighted by molar-refractivity contribution is 6.76. The monoisotopic (exact) mass is 583 g/mol.